The summed E-state index contributed by atoms with van der Waals surface area (Å²) in [4.78, 5) is 26.9. The largest absolute Gasteiger partial charge is 0.480 e. The van der Waals surface area contributed by atoms with Gasteiger partial charge in [-0.15, -0.1) is 0 Å². The summed E-state index contributed by atoms with van der Waals surface area (Å²) in [5.41, 5.74) is 0. The van der Waals surface area contributed by atoms with Gasteiger partial charge in [-0.05, 0) is 31.6 Å². The summed E-state index contributed by atoms with van der Waals surface area (Å²) in [5, 5.41) is 9.13. The van der Waals surface area contributed by atoms with E-state index in [2.05, 4.69) is 6.92 Å². The summed E-state index contributed by atoms with van der Waals surface area (Å²) in [6.45, 7) is 4.35. The van der Waals surface area contributed by atoms with Crippen molar-refractivity contribution in [1.29, 1.82) is 0 Å². The van der Waals surface area contributed by atoms with E-state index in [9.17, 15) is 9.59 Å². The minimum atomic E-state index is -0.869. The number of rotatable bonds is 3. The minimum absolute atomic E-state index is 0.0696. The van der Waals surface area contributed by atoms with Crippen molar-refractivity contribution in [3.8, 4) is 0 Å². The number of carbonyl (C=O) groups is 2. The zero-order valence-corrected chi connectivity index (χ0v) is 11.7. The zero-order valence-electron chi connectivity index (χ0n) is 11.7. The summed E-state index contributed by atoms with van der Waals surface area (Å²) in [6, 6.07) is -0.680. The first-order valence-corrected chi connectivity index (χ1v) is 7.41. The second-order valence-corrected chi connectivity index (χ2v) is 5.69. The molecule has 0 unspecified atom stereocenters. The van der Waals surface area contributed by atoms with E-state index in [1.807, 2.05) is 4.90 Å². The Labute approximate surface area is 114 Å². The fourth-order valence-electron chi connectivity index (χ4n) is 3.26. The van der Waals surface area contributed by atoms with Gasteiger partial charge in [0.05, 0.1) is 0 Å². The molecule has 2 fully saturated rings. The van der Waals surface area contributed by atoms with Gasteiger partial charge in [0.25, 0.3) is 0 Å². The van der Waals surface area contributed by atoms with Crippen molar-refractivity contribution in [2.24, 2.45) is 5.92 Å². The Hall–Kier alpha value is -1.26. The molecule has 5 heteroatoms. The molecular weight excluding hydrogens is 244 g/mol. The quantitative estimate of drug-likeness (QED) is 0.853. The highest BCUT2D eigenvalue weighted by atomic mass is 16.4. The first kappa shape index (κ1) is 14.2. The second kappa shape index (κ2) is 6.26. The van der Waals surface area contributed by atoms with Crippen molar-refractivity contribution in [3.05, 3.63) is 0 Å². The number of carbonyl (C=O) groups excluding carboxylic acids is 1. The van der Waals surface area contributed by atoms with Gasteiger partial charge in [0.2, 0.25) is 0 Å². The lowest BCUT2D eigenvalue weighted by Crippen LogP contribution is -2.50. The van der Waals surface area contributed by atoms with Crippen LogP contribution in [-0.2, 0) is 4.79 Å². The number of carboxylic acid groups (broad SMARTS) is 1. The molecule has 0 bridgehead atoms. The van der Waals surface area contributed by atoms with Gasteiger partial charge in [-0.25, -0.2) is 9.59 Å². The fraction of sp³-hybridized carbons (Fsp3) is 0.857. The lowest BCUT2D eigenvalue weighted by atomic mass is 9.93. The van der Waals surface area contributed by atoms with Crippen LogP contribution in [0, 0.1) is 5.92 Å². The van der Waals surface area contributed by atoms with Crippen LogP contribution in [0.3, 0.4) is 0 Å². The van der Waals surface area contributed by atoms with Crippen molar-refractivity contribution in [3.63, 3.8) is 0 Å². The summed E-state index contributed by atoms with van der Waals surface area (Å²) in [6.07, 6.45) is 5.95. The summed E-state index contributed by atoms with van der Waals surface area (Å²) in [5.74, 6) is -0.130. The molecule has 2 aliphatic rings. The number of hydrogen-bond donors (Lipinski definition) is 1. The maximum Gasteiger partial charge on any atom is 0.326 e. The summed E-state index contributed by atoms with van der Waals surface area (Å²) >= 11 is 0. The molecular formula is C14H24N2O3. The van der Waals surface area contributed by atoms with Crippen molar-refractivity contribution < 1.29 is 14.7 Å². The van der Waals surface area contributed by atoms with Gasteiger partial charge in [-0.2, -0.15) is 0 Å². The molecule has 1 atom stereocenters. The van der Waals surface area contributed by atoms with Gasteiger partial charge < -0.3 is 14.9 Å². The Morgan fingerprint density at radius 2 is 1.84 bits per heavy atom. The van der Waals surface area contributed by atoms with E-state index in [0.29, 0.717) is 13.0 Å². The minimum Gasteiger partial charge on any atom is -0.480 e. The number of carboxylic acids is 1. The Morgan fingerprint density at radius 1 is 1.16 bits per heavy atom. The van der Waals surface area contributed by atoms with Crippen LogP contribution in [0.4, 0.5) is 4.79 Å². The summed E-state index contributed by atoms with van der Waals surface area (Å²) < 4.78 is 0. The van der Waals surface area contributed by atoms with Crippen LogP contribution in [0.5, 0.6) is 0 Å². The van der Waals surface area contributed by atoms with E-state index in [4.69, 9.17) is 5.11 Å². The monoisotopic (exact) mass is 268 g/mol. The average molecular weight is 268 g/mol. The third kappa shape index (κ3) is 3.19. The average Bonchev–Trinajstić information content (AvgIpc) is 2.88. The van der Waals surface area contributed by atoms with Crippen LogP contribution in [0.15, 0.2) is 0 Å². The highest BCUT2D eigenvalue weighted by molar-refractivity contribution is 5.83. The molecule has 0 aromatic rings. The number of amides is 2. The van der Waals surface area contributed by atoms with E-state index in [-0.39, 0.29) is 6.03 Å². The molecule has 1 N–H and O–H groups in total. The maximum absolute atomic E-state index is 12.4. The number of hydrogen-bond acceptors (Lipinski definition) is 2. The Balaban J connectivity index is 1.89. The van der Waals surface area contributed by atoms with Crippen LogP contribution in [0.25, 0.3) is 0 Å². The molecule has 2 aliphatic heterocycles. The van der Waals surface area contributed by atoms with Gasteiger partial charge in [0.1, 0.15) is 6.04 Å². The Bertz CT molecular complexity index is 338. The van der Waals surface area contributed by atoms with E-state index in [0.717, 1.165) is 38.3 Å². The van der Waals surface area contributed by atoms with Gasteiger partial charge in [0.15, 0.2) is 0 Å². The third-order valence-corrected chi connectivity index (χ3v) is 4.37. The van der Waals surface area contributed by atoms with Crippen LogP contribution in [-0.4, -0.2) is 52.6 Å². The van der Waals surface area contributed by atoms with Crippen LogP contribution in [0.2, 0.25) is 0 Å². The van der Waals surface area contributed by atoms with E-state index in [1.165, 1.54) is 12.8 Å². The normalized spacial score (nSPS) is 24.8. The molecule has 2 saturated heterocycles. The first-order chi connectivity index (χ1) is 9.13. The lowest BCUT2D eigenvalue weighted by Gasteiger charge is -2.35. The predicted molar refractivity (Wildman–Crippen MR) is 72.0 cm³/mol. The smallest absolute Gasteiger partial charge is 0.326 e. The van der Waals surface area contributed by atoms with Crippen molar-refractivity contribution >= 4 is 12.0 Å². The Morgan fingerprint density at radius 3 is 2.42 bits per heavy atom. The number of likely N-dealkylation sites (tertiary alicyclic amines) is 2. The molecule has 2 amide bonds. The van der Waals surface area contributed by atoms with Gasteiger partial charge in [-0.1, -0.05) is 19.8 Å². The SMILES string of the molecule is CCCC1CCN(C(=O)N2CCC[C@@H]2C(=O)O)CC1. The van der Waals surface area contributed by atoms with E-state index in [1.54, 1.807) is 4.90 Å². The number of nitrogens with zero attached hydrogens (tertiary/aromatic N) is 2. The topological polar surface area (TPSA) is 60.9 Å². The van der Waals surface area contributed by atoms with Gasteiger partial charge >= 0.3 is 12.0 Å². The molecule has 5 nitrogen and oxygen atoms in total. The molecule has 19 heavy (non-hydrogen) atoms. The molecule has 0 saturated carbocycles. The standard InChI is InChI=1S/C14H24N2O3/c1-2-4-11-6-9-15(10-7-11)14(19)16-8-3-5-12(16)13(17)18/h11-12H,2-10H2,1H3,(H,17,18)/t12-/m1/s1. The van der Waals surface area contributed by atoms with Crippen molar-refractivity contribution in [2.45, 2.75) is 51.5 Å². The molecule has 2 rings (SSSR count). The fourth-order valence-corrected chi connectivity index (χ4v) is 3.26. The molecule has 0 aliphatic carbocycles. The van der Waals surface area contributed by atoms with Crippen molar-refractivity contribution in [1.82, 2.24) is 9.80 Å². The molecule has 0 spiro atoms. The number of piperidine rings is 1. The van der Waals surface area contributed by atoms with E-state index < -0.39 is 12.0 Å². The molecule has 0 aromatic carbocycles. The summed E-state index contributed by atoms with van der Waals surface area (Å²) in [7, 11) is 0. The lowest BCUT2D eigenvalue weighted by molar-refractivity contribution is -0.141. The van der Waals surface area contributed by atoms with Crippen LogP contribution in [0.1, 0.15) is 45.4 Å². The van der Waals surface area contributed by atoms with Crippen molar-refractivity contribution in [2.75, 3.05) is 19.6 Å². The second-order valence-electron chi connectivity index (χ2n) is 5.69. The number of aliphatic carboxylic acids is 1. The highest BCUT2D eigenvalue weighted by Crippen LogP contribution is 2.25. The molecule has 0 radical (unpaired) electrons. The molecule has 0 aromatic heterocycles. The van der Waals surface area contributed by atoms with Gasteiger partial charge in [-0.3, -0.25) is 0 Å². The number of urea groups is 1. The zero-order chi connectivity index (χ0) is 13.8. The molecule has 108 valence electrons. The molecule has 2 heterocycles. The highest BCUT2D eigenvalue weighted by Gasteiger charge is 2.36. The van der Waals surface area contributed by atoms with E-state index >= 15 is 0 Å². The maximum atomic E-state index is 12.4. The van der Waals surface area contributed by atoms with Gasteiger partial charge in [0, 0.05) is 19.6 Å². The third-order valence-electron chi connectivity index (χ3n) is 4.37. The first-order valence-electron chi connectivity index (χ1n) is 7.41. The Kier molecular flexibility index (Phi) is 4.66. The van der Waals surface area contributed by atoms with Crippen LogP contribution < -0.4 is 0 Å². The van der Waals surface area contributed by atoms with Crippen LogP contribution >= 0.6 is 0 Å². The predicted octanol–water partition coefficient (Wildman–Crippen LogP) is 2.17.